The van der Waals surface area contributed by atoms with Crippen molar-refractivity contribution in [2.75, 3.05) is 0 Å². The number of carbonyl (C=O) groups is 1. The van der Waals surface area contributed by atoms with Gasteiger partial charge in [0.15, 0.2) is 0 Å². The van der Waals surface area contributed by atoms with Crippen LogP contribution in [0.3, 0.4) is 0 Å². The Morgan fingerprint density at radius 2 is 2.38 bits per heavy atom. The van der Waals surface area contributed by atoms with Gasteiger partial charge in [0.25, 0.3) is 0 Å². The molecule has 0 saturated carbocycles. The van der Waals surface area contributed by atoms with Crippen LogP contribution in [0.15, 0.2) is 12.4 Å². The molecule has 0 aliphatic heterocycles. The van der Waals surface area contributed by atoms with Crippen molar-refractivity contribution in [1.82, 2.24) is 14.7 Å². The van der Waals surface area contributed by atoms with Gasteiger partial charge in [0, 0.05) is 12.4 Å². The molecule has 13 heavy (non-hydrogen) atoms. The third-order valence-corrected chi connectivity index (χ3v) is 2.01. The Hall–Kier alpha value is -1.30. The maximum absolute atomic E-state index is 10.3. The molecule has 3 N–H and O–H groups in total. The van der Waals surface area contributed by atoms with Gasteiger partial charge >= 0.3 is 6.03 Å². The minimum Gasteiger partial charge on any atom is -0.351 e. The molecule has 0 saturated heterocycles. The lowest BCUT2D eigenvalue weighted by Gasteiger charge is -1.99. The van der Waals surface area contributed by atoms with Gasteiger partial charge in [-0.2, -0.15) is 0 Å². The monoisotopic (exact) mass is 198 g/mol. The smallest absolute Gasteiger partial charge is 0.322 e. The summed E-state index contributed by atoms with van der Waals surface area (Å²) in [6, 6.07) is -0.551. The number of nitrogens with two attached hydrogens (primary N) is 1. The normalized spacial score (nSPS) is 9.62. The quantitative estimate of drug-likeness (QED) is 0.697. The molecule has 5 nitrogen and oxygen atoms in total. The van der Waals surface area contributed by atoms with Gasteiger partial charge in [-0.05, 0) is 18.9 Å². The predicted molar refractivity (Wildman–Crippen MR) is 50.8 cm³/mol. The summed E-state index contributed by atoms with van der Waals surface area (Å²) in [5, 5.41) is 0. The predicted octanol–water partition coefficient (Wildman–Crippen LogP) is 0.602. The van der Waals surface area contributed by atoms with E-state index in [0.29, 0.717) is 5.75 Å². The van der Waals surface area contributed by atoms with Crippen LogP contribution in [-0.2, 0) is 5.75 Å². The molecule has 6 heteroatoms. The van der Waals surface area contributed by atoms with Crippen LogP contribution >= 0.6 is 11.9 Å². The van der Waals surface area contributed by atoms with Gasteiger partial charge < -0.3 is 5.73 Å². The first kappa shape index (κ1) is 9.79. The molecule has 2 amide bonds. The number of rotatable bonds is 3. The highest BCUT2D eigenvalue weighted by Gasteiger charge is 1.96. The van der Waals surface area contributed by atoms with Crippen LogP contribution in [0.4, 0.5) is 4.79 Å². The Balaban J connectivity index is 2.37. The molecule has 0 radical (unpaired) electrons. The molecule has 0 aliphatic rings. The molecule has 0 aliphatic carbocycles. The van der Waals surface area contributed by atoms with Gasteiger partial charge in [-0.1, -0.05) is 0 Å². The molecule has 0 atom stereocenters. The molecule has 0 aromatic carbocycles. The van der Waals surface area contributed by atoms with E-state index in [1.54, 1.807) is 12.4 Å². The van der Waals surface area contributed by atoms with Crippen molar-refractivity contribution < 1.29 is 4.79 Å². The summed E-state index contributed by atoms with van der Waals surface area (Å²) in [5.41, 5.74) is 6.56. The lowest BCUT2D eigenvalue weighted by atomic mass is 10.4. The number of hydrogen-bond donors (Lipinski definition) is 2. The minimum atomic E-state index is -0.551. The van der Waals surface area contributed by atoms with Gasteiger partial charge in [-0.15, -0.1) is 0 Å². The number of nitrogens with one attached hydrogen (secondary N) is 1. The standard InChI is InChI=1S/C7H10N4OS/c1-5-2-10-6(3-9-5)4-13-11-7(8)12/h2-3H,4H2,1H3,(H3,8,11,12). The van der Waals surface area contributed by atoms with E-state index in [9.17, 15) is 4.79 Å². The fourth-order valence-electron chi connectivity index (χ4n) is 0.675. The minimum absolute atomic E-state index is 0.551. The van der Waals surface area contributed by atoms with Crippen molar-refractivity contribution in [2.24, 2.45) is 5.73 Å². The summed E-state index contributed by atoms with van der Waals surface area (Å²) < 4.78 is 2.40. The number of aryl methyl sites for hydroxylation is 1. The van der Waals surface area contributed by atoms with Crippen molar-refractivity contribution in [1.29, 1.82) is 0 Å². The maximum atomic E-state index is 10.3. The number of urea groups is 1. The first-order chi connectivity index (χ1) is 6.18. The van der Waals surface area contributed by atoms with Gasteiger partial charge in [0.05, 0.1) is 17.1 Å². The average molecular weight is 198 g/mol. The summed E-state index contributed by atoms with van der Waals surface area (Å²) in [4.78, 5) is 18.5. The van der Waals surface area contributed by atoms with E-state index in [1.165, 1.54) is 11.9 Å². The van der Waals surface area contributed by atoms with Crippen molar-refractivity contribution in [3.05, 3.63) is 23.8 Å². The van der Waals surface area contributed by atoms with Crippen LogP contribution in [0.5, 0.6) is 0 Å². The SMILES string of the molecule is Cc1cnc(CSNC(N)=O)cn1. The molecule has 0 fully saturated rings. The van der Waals surface area contributed by atoms with Crippen LogP contribution in [0.25, 0.3) is 0 Å². The highest BCUT2D eigenvalue weighted by atomic mass is 32.2. The molecule has 1 aromatic rings. The first-order valence-corrected chi connectivity index (χ1v) is 4.62. The highest BCUT2D eigenvalue weighted by Crippen LogP contribution is 2.04. The number of amides is 2. The highest BCUT2D eigenvalue weighted by molar-refractivity contribution is 7.97. The molecule has 1 heterocycles. The van der Waals surface area contributed by atoms with Crippen molar-refractivity contribution in [3.8, 4) is 0 Å². The molecular weight excluding hydrogens is 188 g/mol. The summed E-state index contributed by atoms with van der Waals surface area (Å²) in [6.07, 6.45) is 3.35. The first-order valence-electron chi connectivity index (χ1n) is 3.63. The fraction of sp³-hybridized carbons (Fsp3) is 0.286. The van der Waals surface area contributed by atoms with Gasteiger partial charge in [-0.25, -0.2) is 4.79 Å². The van der Waals surface area contributed by atoms with Crippen LogP contribution in [0, 0.1) is 6.92 Å². The second-order valence-electron chi connectivity index (χ2n) is 2.40. The zero-order valence-electron chi connectivity index (χ0n) is 7.15. The summed E-state index contributed by atoms with van der Waals surface area (Å²) in [7, 11) is 0. The van der Waals surface area contributed by atoms with E-state index < -0.39 is 6.03 Å². The summed E-state index contributed by atoms with van der Waals surface area (Å²) in [6.45, 7) is 1.87. The molecule has 70 valence electrons. The second kappa shape index (κ2) is 4.66. The maximum Gasteiger partial charge on any atom is 0.322 e. The molecule has 1 aromatic heterocycles. The van der Waals surface area contributed by atoms with Gasteiger partial charge in [0.2, 0.25) is 0 Å². The number of hydrogen-bond acceptors (Lipinski definition) is 4. The van der Waals surface area contributed by atoms with Crippen LogP contribution in [0.2, 0.25) is 0 Å². The third-order valence-electron chi connectivity index (χ3n) is 1.23. The molecule has 0 spiro atoms. The number of carbonyl (C=O) groups excluding carboxylic acids is 1. The van der Waals surface area contributed by atoms with Crippen LogP contribution < -0.4 is 10.5 Å². The van der Waals surface area contributed by atoms with E-state index >= 15 is 0 Å². The molecule has 0 unspecified atom stereocenters. The largest absolute Gasteiger partial charge is 0.351 e. The Morgan fingerprint density at radius 1 is 1.62 bits per heavy atom. The summed E-state index contributed by atoms with van der Waals surface area (Å²) in [5.74, 6) is 0.566. The average Bonchev–Trinajstić information content (AvgIpc) is 2.08. The van der Waals surface area contributed by atoms with Crippen LogP contribution in [-0.4, -0.2) is 16.0 Å². The van der Waals surface area contributed by atoms with E-state index in [4.69, 9.17) is 5.73 Å². The van der Waals surface area contributed by atoms with Gasteiger partial charge in [0.1, 0.15) is 0 Å². The van der Waals surface area contributed by atoms with Crippen molar-refractivity contribution in [2.45, 2.75) is 12.7 Å². The Labute approximate surface area is 80.3 Å². The molecule has 1 rings (SSSR count). The summed E-state index contributed by atoms with van der Waals surface area (Å²) >= 11 is 1.19. The van der Waals surface area contributed by atoms with E-state index in [-0.39, 0.29) is 0 Å². The second-order valence-corrected chi connectivity index (χ2v) is 3.19. The lowest BCUT2D eigenvalue weighted by molar-refractivity contribution is 0.254. The Bertz CT molecular complexity index is 287. The van der Waals surface area contributed by atoms with E-state index in [1.807, 2.05) is 6.92 Å². The lowest BCUT2D eigenvalue weighted by Crippen LogP contribution is -2.23. The van der Waals surface area contributed by atoms with E-state index in [0.717, 1.165) is 11.4 Å². The molecule has 0 bridgehead atoms. The Kier molecular flexibility index (Phi) is 3.51. The topological polar surface area (TPSA) is 80.9 Å². The fourth-order valence-corrected chi connectivity index (χ4v) is 1.19. The number of nitrogens with zero attached hydrogens (tertiary/aromatic N) is 2. The van der Waals surface area contributed by atoms with Gasteiger partial charge in [-0.3, -0.25) is 14.7 Å². The van der Waals surface area contributed by atoms with Crippen molar-refractivity contribution >= 4 is 18.0 Å². The zero-order chi connectivity index (χ0) is 9.68. The van der Waals surface area contributed by atoms with E-state index in [2.05, 4.69) is 14.7 Å². The number of aromatic nitrogens is 2. The zero-order valence-corrected chi connectivity index (χ0v) is 7.97. The third kappa shape index (κ3) is 3.75. The molecular formula is C7H10N4OS. The van der Waals surface area contributed by atoms with Crippen LogP contribution in [0.1, 0.15) is 11.4 Å². The Morgan fingerprint density at radius 3 is 2.92 bits per heavy atom. The van der Waals surface area contributed by atoms with Crippen molar-refractivity contribution in [3.63, 3.8) is 0 Å². The number of primary amides is 1.